The van der Waals surface area contributed by atoms with E-state index >= 15 is 0 Å². The van der Waals surface area contributed by atoms with Gasteiger partial charge in [-0.2, -0.15) is 0 Å². The molecule has 3 N–H and O–H groups in total. The molecule has 0 unspecified atom stereocenters. The molecule has 0 bridgehead atoms. The molecule has 0 radical (unpaired) electrons. The quantitative estimate of drug-likeness (QED) is 0.768. The maximum Gasteiger partial charge on any atom is 0.261 e. The number of carbonyl (C=O) groups excluding carboxylic acids is 1. The van der Waals surface area contributed by atoms with Crippen molar-refractivity contribution >= 4 is 17.8 Å². The van der Waals surface area contributed by atoms with Gasteiger partial charge < -0.3 is 11.1 Å². The Labute approximate surface area is 162 Å². The normalized spacial score (nSPS) is 13.6. The lowest BCUT2D eigenvalue weighted by Crippen LogP contribution is -2.25. The van der Waals surface area contributed by atoms with Gasteiger partial charge in [0.05, 0.1) is 17.6 Å². The number of benzene rings is 2. The molecular formula is C22H21F2N3O. The van der Waals surface area contributed by atoms with Gasteiger partial charge in [-0.3, -0.25) is 9.79 Å². The minimum atomic E-state index is -0.946. The molecule has 2 aromatic carbocycles. The minimum Gasteiger partial charge on any atom is -0.403 e. The lowest BCUT2D eigenvalue weighted by atomic mass is 9.99. The van der Waals surface area contributed by atoms with Crippen LogP contribution in [0.1, 0.15) is 39.0 Å². The summed E-state index contributed by atoms with van der Waals surface area (Å²) in [6.45, 7) is 5.66. The number of carbonyl (C=O) groups is 1. The second kappa shape index (κ2) is 8.17. The van der Waals surface area contributed by atoms with Crippen LogP contribution < -0.4 is 11.1 Å². The zero-order valence-electron chi connectivity index (χ0n) is 15.6. The van der Waals surface area contributed by atoms with Crippen molar-refractivity contribution in [2.45, 2.75) is 26.2 Å². The molecule has 1 amide bonds. The number of aliphatic imine (C=N–C) groups is 1. The summed E-state index contributed by atoms with van der Waals surface area (Å²) in [6, 6.07) is 7.45. The fourth-order valence-electron chi connectivity index (χ4n) is 3.33. The summed E-state index contributed by atoms with van der Waals surface area (Å²) in [7, 11) is 0. The van der Waals surface area contributed by atoms with E-state index in [-0.39, 0.29) is 5.70 Å². The van der Waals surface area contributed by atoms with Gasteiger partial charge in [-0.05, 0) is 61.1 Å². The van der Waals surface area contributed by atoms with Crippen molar-refractivity contribution in [3.63, 3.8) is 0 Å². The van der Waals surface area contributed by atoms with Gasteiger partial charge in [0.15, 0.2) is 0 Å². The van der Waals surface area contributed by atoms with E-state index in [0.717, 1.165) is 42.5 Å². The van der Waals surface area contributed by atoms with Crippen LogP contribution in [0.15, 0.2) is 53.8 Å². The molecule has 0 fully saturated rings. The number of nitrogens with zero attached hydrogens (tertiary/aromatic N) is 1. The third kappa shape index (κ3) is 4.01. The molecular weight excluding hydrogens is 360 g/mol. The van der Waals surface area contributed by atoms with Crippen LogP contribution in [0, 0.1) is 18.6 Å². The smallest absolute Gasteiger partial charge is 0.261 e. The van der Waals surface area contributed by atoms with Gasteiger partial charge in [0.25, 0.3) is 5.91 Å². The number of amides is 1. The predicted octanol–water partition coefficient (Wildman–Crippen LogP) is 4.03. The van der Waals surface area contributed by atoms with Crippen molar-refractivity contribution in [2.75, 3.05) is 0 Å². The lowest BCUT2D eigenvalue weighted by molar-refractivity contribution is 0.0960. The number of allylic oxidation sites excluding steroid dienone is 1. The molecule has 144 valence electrons. The largest absolute Gasteiger partial charge is 0.403 e. The van der Waals surface area contributed by atoms with Crippen molar-refractivity contribution in [3.05, 3.63) is 88.3 Å². The van der Waals surface area contributed by atoms with Crippen LogP contribution in [0.2, 0.25) is 0 Å². The highest BCUT2D eigenvalue weighted by atomic mass is 19.1. The molecule has 4 nitrogen and oxygen atoms in total. The molecule has 0 aliphatic heterocycles. The third-order valence-electron chi connectivity index (χ3n) is 4.70. The summed E-state index contributed by atoms with van der Waals surface area (Å²) < 4.78 is 27.4. The average Bonchev–Trinajstić information content (AvgIpc) is 3.09. The molecule has 1 aliphatic rings. The summed E-state index contributed by atoms with van der Waals surface area (Å²) >= 11 is 0. The van der Waals surface area contributed by atoms with Gasteiger partial charge in [-0.15, -0.1) is 0 Å². The molecule has 2 aromatic rings. The van der Waals surface area contributed by atoms with Crippen LogP contribution in [0.5, 0.6) is 0 Å². The molecule has 0 atom stereocenters. The monoisotopic (exact) mass is 381 g/mol. The number of aryl methyl sites for hydroxylation is 3. The molecule has 6 heteroatoms. The number of halogens is 2. The van der Waals surface area contributed by atoms with E-state index in [1.54, 1.807) is 0 Å². The van der Waals surface area contributed by atoms with E-state index in [9.17, 15) is 13.6 Å². The van der Waals surface area contributed by atoms with Gasteiger partial charge in [0.1, 0.15) is 17.2 Å². The SMILES string of the molecule is C=C(C=N/C(=C\N)c1cc2c(cc1C)CCC2)NC(=O)c1c(F)cccc1F. The Hall–Kier alpha value is -3.28. The Morgan fingerprint density at radius 1 is 1.21 bits per heavy atom. The van der Waals surface area contributed by atoms with Crippen molar-refractivity contribution in [3.8, 4) is 0 Å². The van der Waals surface area contributed by atoms with Gasteiger partial charge in [-0.25, -0.2) is 8.78 Å². The molecule has 0 spiro atoms. The maximum absolute atomic E-state index is 13.7. The van der Waals surface area contributed by atoms with Crippen molar-refractivity contribution in [1.29, 1.82) is 0 Å². The van der Waals surface area contributed by atoms with Gasteiger partial charge >= 0.3 is 0 Å². The molecule has 0 saturated carbocycles. The fourth-order valence-corrected chi connectivity index (χ4v) is 3.33. The first-order valence-electron chi connectivity index (χ1n) is 8.93. The molecule has 0 saturated heterocycles. The van der Waals surface area contributed by atoms with E-state index in [0.29, 0.717) is 5.70 Å². The van der Waals surface area contributed by atoms with Crippen LogP contribution in [0.3, 0.4) is 0 Å². The first-order chi connectivity index (χ1) is 13.4. The Balaban J connectivity index is 1.75. The Kier molecular flexibility index (Phi) is 5.68. The summed E-state index contributed by atoms with van der Waals surface area (Å²) in [5, 5.41) is 2.33. The number of fused-ring (bicyclic) bond motifs is 1. The third-order valence-corrected chi connectivity index (χ3v) is 4.70. The van der Waals surface area contributed by atoms with Gasteiger partial charge in [0, 0.05) is 11.8 Å². The second-order valence-electron chi connectivity index (χ2n) is 6.68. The molecule has 0 heterocycles. The van der Waals surface area contributed by atoms with E-state index in [1.165, 1.54) is 29.6 Å². The van der Waals surface area contributed by atoms with E-state index in [4.69, 9.17) is 5.73 Å². The number of rotatable bonds is 5. The van der Waals surface area contributed by atoms with Crippen molar-refractivity contribution in [1.82, 2.24) is 5.32 Å². The van der Waals surface area contributed by atoms with Crippen molar-refractivity contribution in [2.24, 2.45) is 10.7 Å². The van der Waals surface area contributed by atoms with Gasteiger partial charge in [0.2, 0.25) is 0 Å². The average molecular weight is 381 g/mol. The first-order valence-corrected chi connectivity index (χ1v) is 8.93. The molecule has 3 rings (SSSR count). The zero-order chi connectivity index (χ0) is 20.3. The molecule has 28 heavy (non-hydrogen) atoms. The zero-order valence-corrected chi connectivity index (χ0v) is 15.6. The maximum atomic E-state index is 13.7. The molecule has 0 aromatic heterocycles. The van der Waals surface area contributed by atoms with E-state index in [1.807, 2.05) is 6.92 Å². The summed E-state index contributed by atoms with van der Waals surface area (Å²) in [4.78, 5) is 16.4. The van der Waals surface area contributed by atoms with Crippen molar-refractivity contribution < 1.29 is 13.6 Å². The fraction of sp³-hybridized carbons (Fsp3) is 0.182. The minimum absolute atomic E-state index is 0.0887. The van der Waals surface area contributed by atoms with Crippen LogP contribution in [0.4, 0.5) is 8.78 Å². The van der Waals surface area contributed by atoms with E-state index < -0.39 is 23.1 Å². The highest BCUT2D eigenvalue weighted by Gasteiger charge is 2.17. The summed E-state index contributed by atoms with van der Waals surface area (Å²) in [5.74, 6) is -2.82. The van der Waals surface area contributed by atoms with E-state index in [2.05, 4.69) is 29.0 Å². The number of nitrogens with two attached hydrogens (primary N) is 1. The van der Waals surface area contributed by atoms with Crippen LogP contribution in [0.25, 0.3) is 5.70 Å². The van der Waals surface area contributed by atoms with Crippen LogP contribution >= 0.6 is 0 Å². The first kappa shape index (κ1) is 19.5. The van der Waals surface area contributed by atoms with Crippen LogP contribution in [-0.4, -0.2) is 12.1 Å². The standard InChI is InChI=1S/C22H21F2N3O/c1-13-9-15-5-3-6-16(15)10-17(13)20(11-25)26-12-14(2)27-22(28)21-18(23)7-4-8-19(21)24/h4,7-12H,2-3,5-6,25H2,1H3,(H,27,28)/b20-11-,26-12?. The number of hydrogen-bond donors (Lipinski definition) is 2. The predicted molar refractivity (Wildman–Crippen MR) is 107 cm³/mol. The number of hydrogen-bond acceptors (Lipinski definition) is 3. The summed E-state index contributed by atoms with van der Waals surface area (Å²) in [5.41, 5.74) is 10.3. The molecule has 1 aliphatic carbocycles. The van der Waals surface area contributed by atoms with Gasteiger partial charge in [-0.1, -0.05) is 18.7 Å². The highest BCUT2D eigenvalue weighted by Crippen LogP contribution is 2.29. The van der Waals surface area contributed by atoms with Crippen LogP contribution in [-0.2, 0) is 12.8 Å². The Morgan fingerprint density at radius 3 is 2.50 bits per heavy atom. The second-order valence-corrected chi connectivity index (χ2v) is 6.68. The number of nitrogens with one attached hydrogen (secondary N) is 1. The lowest BCUT2D eigenvalue weighted by Gasteiger charge is -2.10. The Bertz CT molecular complexity index is 989. The summed E-state index contributed by atoms with van der Waals surface area (Å²) in [6.07, 6.45) is 5.93. The highest BCUT2D eigenvalue weighted by molar-refractivity contribution is 5.99. The Morgan fingerprint density at radius 2 is 1.86 bits per heavy atom. The topological polar surface area (TPSA) is 67.5 Å².